The first-order chi connectivity index (χ1) is 7.85. The molecule has 0 aromatic carbocycles. The number of carbonyl (C=O) groups excluding carboxylic acids is 1. The number of likely N-dealkylation sites (tertiary alicyclic amines) is 1. The van der Waals surface area contributed by atoms with E-state index in [4.69, 9.17) is 9.84 Å². The SMILES string of the molecule is CC(C)(C)OC(=O)N1CCCC(CCO)C1I. The van der Waals surface area contributed by atoms with Crippen molar-refractivity contribution in [3.05, 3.63) is 0 Å². The van der Waals surface area contributed by atoms with Crippen molar-refractivity contribution in [1.82, 2.24) is 4.90 Å². The molecule has 0 aliphatic carbocycles. The second kappa shape index (κ2) is 6.22. The van der Waals surface area contributed by atoms with Gasteiger partial charge >= 0.3 is 6.09 Å². The summed E-state index contributed by atoms with van der Waals surface area (Å²) in [6.07, 6.45) is 2.59. The average Bonchev–Trinajstić information content (AvgIpc) is 2.18. The third-order valence-corrected chi connectivity index (χ3v) is 4.48. The molecule has 2 unspecified atom stereocenters. The fourth-order valence-corrected chi connectivity index (χ4v) is 3.22. The smallest absolute Gasteiger partial charge is 0.411 e. The molecular formula is C12H22INO3. The molecule has 1 aliphatic heterocycles. The molecular weight excluding hydrogens is 333 g/mol. The zero-order valence-electron chi connectivity index (χ0n) is 10.8. The number of amides is 1. The van der Waals surface area contributed by atoms with E-state index in [1.54, 1.807) is 4.90 Å². The molecule has 1 N–H and O–H groups in total. The van der Waals surface area contributed by atoms with Crippen molar-refractivity contribution >= 4 is 28.7 Å². The van der Waals surface area contributed by atoms with Crippen LogP contribution >= 0.6 is 22.6 Å². The highest BCUT2D eigenvalue weighted by Gasteiger charge is 2.34. The summed E-state index contributed by atoms with van der Waals surface area (Å²) >= 11 is 2.28. The van der Waals surface area contributed by atoms with Gasteiger partial charge in [0.25, 0.3) is 0 Å². The highest BCUT2D eigenvalue weighted by atomic mass is 127. The number of carbonyl (C=O) groups is 1. The van der Waals surface area contributed by atoms with Crippen LogP contribution < -0.4 is 0 Å². The third kappa shape index (κ3) is 4.62. The lowest BCUT2D eigenvalue weighted by Gasteiger charge is -2.38. The molecule has 0 spiro atoms. The number of rotatable bonds is 2. The molecule has 1 aliphatic rings. The lowest BCUT2D eigenvalue weighted by Crippen LogP contribution is -2.47. The summed E-state index contributed by atoms with van der Waals surface area (Å²) in [7, 11) is 0. The minimum Gasteiger partial charge on any atom is -0.444 e. The summed E-state index contributed by atoms with van der Waals surface area (Å²) in [5.41, 5.74) is -0.447. The fourth-order valence-electron chi connectivity index (χ4n) is 2.00. The van der Waals surface area contributed by atoms with Crippen LogP contribution in [0.3, 0.4) is 0 Å². The molecule has 4 nitrogen and oxygen atoms in total. The van der Waals surface area contributed by atoms with Crippen LogP contribution in [0.5, 0.6) is 0 Å². The van der Waals surface area contributed by atoms with Gasteiger partial charge in [0.05, 0.1) is 4.05 Å². The highest BCUT2D eigenvalue weighted by Crippen LogP contribution is 2.31. The maximum atomic E-state index is 12.0. The monoisotopic (exact) mass is 355 g/mol. The first kappa shape index (κ1) is 15.0. The first-order valence-electron chi connectivity index (χ1n) is 6.09. The zero-order chi connectivity index (χ0) is 13.1. The predicted molar refractivity (Wildman–Crippen MR) is 75.2 cm³/mol. The highest BCUT2D eigenvalue weighted by molar-refractivity contribution is 14.1. The third-order valence-electron chi connectivity index (χ3n) is 2.79. The Morgan fingerprint density at radius 3 is 2.71 bits per heavy atom. The molecule has 2 atom stereocenters. The Balaban J connectivity index is 2.60. The number of halogens is 1. The average molecular weight is 355 g/mol. The van der Waals surface area contributed by atoms with E-state index in [9.17, 15) is 4.79 Å². The summed E-state index contributed by atoms with van der Waals surface area (Å²) in [4.78, 5) is 13.8. The van der Waals surface area contributed by atoms with Crippen molar-refractivity contribution in [3.63, 3.8) is 0 Å². The molecule has 1 amide bonds. The molecule has 0 aromatic heterocycles. The topological polar surface area (TPSA) is 49.8 Å². The van der Waals surface area contributed by atoms with E-state index < -0.39 is 5.60 Å². The molecule has 0 saturated carbocycles. The van der Waals surface area contributed by atoms with Gasteiger partial charge in [0.2, 0.25) is 0 Å². The van der Waals surface area contributed by atoms with Gasteiger partial charge in [0.1, 0.15) is 5.60 Å². The number of aliphatic hydroxyl groups excluding tert-OH is 1. The molecule has 1 heterocycles. The van der Waals surface area contributed by atoms with Gasteiger partial charge in [-0.1, -0.05) is 22.6 Å². The van der Waals surface area contributed by atoms with Gasteiger partial charge in [-0.15, -0.1) is 0 Å². The molecule has 5 heteroatoms. The summed E-state index contributed by atoms with van der Waals surface area (Å²) in [5.74, 6) is 0.377. The number of alkyl halides is 1. The Morgan fingerprint density at radius 1 is 1.53 bits per heavy atom. The van der Waals surface area contributed by atoms with Crippen LogP contribution in [0.15, 0.2) is 0 Å². The van der Waals surface area contributed by atoms with E-state index in [1.165, 1.54) is 0 Å². The Kier molecular flexibility index (Phi) is 5.50. The molecule has 1 rings (SSSR count). The van der Waals surface area contributed by atoms with Gasteiger partial charge in [-0.05, 0) is 46.0 Å². The van der Waals surface area contributed by atoms with Crippen LogP contribution in [-0.4, -0.2) is 38.9 Å². The van der Waals surface area contributed by atoms with Gasteiger partial charge in [-0.25, -0.2) is 4.79 Å². The zero-order valence-corrected chi connectivity index (χ0v) is 12.9. The van der Waals surface area contributed by atoms with Gasteiger partial charge in [-0.3, -0.25) is 4.90 Å². The van der Waals surface area contributed by atoms with Gasteiger partial charge in [0.15, 0.2) is 0 Å². The Hall–Kier alpha value is -0.0400. The van der Waals surface area contributed by atoms with Crippen molar-refractivity contribution in [2.24, 2.45) is 5.92 Å². The maximum absolute atomic E-state index is 12.0. The Morgan fingerprint density at radius 2 is 2.18 bits per heavy atom. The Labute approximate surface area is 117 Å². The van der Waals surface area contributed by atoms with Crippen molar-refractivity contribution in [3.8, 4) is 0 Å². The largest absolute Gasteiger partial charge is 0.444 e. The van der Waals surface area contributed by atoms with E-state index in [2.05, 4.69) is 22.6 Å². The van der Waals surface area contributed by atoms with Crippen molar-refractivity contribution in [2.75, 3.05) is 13.2 Å². The van der Waals surface area contributed by atoms with Crippen LogP contribution in [0.4, 0.5) is 4.79 Å². The van der Waals surface area contributed by atoms with Crippen LogP contribution in [0.25, 0.3) is 0 Å². The predicted octanol–water partition coefficient (Wildman–Crippen LogP) is 2.78. The normalized spacial score (nSPS) is 25.8. The minimum atomic E-state index is -0.447. The summed E-state index contributed by atoms with van der Waals surface area (Å²) < 4.78 is 5.52. The molecule has 0 bridgehead atoms. The lowest BCUT2D eigenvalue weighted by molar-refractivity contribution is 0.0128. The van der Waals surface area contributed by atoms with E-state index >= 15 is 0 Å². The van der Waals surface area contributed by atoms with Crippen LogP contribution in [0, 0.1) is 5.92 Å². The van der Waals surface area contributed by atoms with Crippen molar-refractivity contribution in [2.45, 2.75) is 49.7 Å². The van der Waals surface area contributed by atoms with Gasteiger partial charge in [-0.2, -0.15) is 0 Å². The number of aliphatic hydroxyl groups is 1. The number of hydrogen-bond acceptors (Lipinski definition) is 3. The van der Waals surface area contributed by atoms with Crippen molar-refractivity contribution in [1.29, 1.82) is 0 Å². The second-order valence-corrected chi connectivity index (χ2v) is 6.74. The molecule has 100 valence electrons. The number of hydrogen-bond donors (Lipinski definition) is 1. The van der Waals surface area contributed by atoms with Crippen LogP contribution in [-0.2, 0) is 4.74 Å². The van der Waals surface area contributed by atoms with Gasteiger partial charge in [0, 0.05) is 13.2 Å². The quantitative estimate of drug-likeness (QED) is 0.471. The molecule has 1 fully saturated rings. The number of ether oxygens (including phenoxy) is 1. The van der Waals surface area contributed by atoms with Gasteiger partial charge < -0.3 is 9.84 Å². The molecule has 0 aromatic rings. The van der Waals surface area contributed by atoms with E-state index in [0.717, 1.165) is 25.8 Å². The summed E-state index contributed by atoms with van der Waals surface area (Å²) in [6.45, 7) is 6.57. The first-order valence-corrected chi connectivity index (χ1v) is 7.34. The minimum absolute atomic E-state index is 0.128. The molecule has 17 heavy (non-hydrogen) atoms. The number of piperidine rings is 1. The van der Waals surface area contributed by atoms with Crippen molar-refractivity contribution < 1.29 is 14.6 Å². The van der Waals surface area contributed by atoms with E-state index in [1.807, 2.05) is 20.8 Å². The standard InChI is InChI=1S/C12H22INO3/c1-12(2,3)17-11(16)14-7-4-5-9(6-8-15)10(14)13/h9-10,15H,4-8H2,1-3H3. The fraction of sp³-hybridized carbons (Fsp3) is 0.917. The Bertz CT molecular complexity index is 263. The summed E-state index contributed by atoms with van der Waals surface area (Å²) in [6, 6.07) is 0. The maximum Gasteiger partial charge on any atom is 0.411 e. The second-order valence-electron chi connectivity index (χ2n) is 5.46. The summed E-state index contributed by atoms with van der Waals surface area (Å²) in [5, 5.41) is 9.01. The molecule has 0 radical (unpaired) electrons. The molecule has 1 saturated heterocycles. The lowest BCUT2D eigenvalue weighted by atomic mass is 9.95. The van der Waals surface area contributed by atoms with E-state index in [0.29, 0.717) is 5.92 Å². The number of nitrogens with zero attached hydrogens (tertiary/aromatic N) is 1. The van der Waals surface area contributed by atoms with Crippen LogP contribution in [0.1, 0.15) is 40.0 Å². The van der Waals surface area contributed by atoms with E-state index in [-0.39, 0.29) is 16.7 Å². The van der Waals surface area contributed by atoms with Crippen LogP contribution in [0.2, 0.25) is 0 Å².